The van der Waals surface area contributed by atoms with Crippen LogP contribution in [0.1, 0.15) is 44.1 Å². The summed E-state index contributed by atoms with van der Waals surface area (Å²) in [6.45, 7) is 8.54. The Morgan fingerprint density at radius 3 is 2.64 bits per heavy atom. The van der Waals surface area contributed by atoms with Gasteiger partial charge < -0.3 is 19.6 Å². The van der Waals surface area contributed by atoms with Crippen LogP contribution in [0.5, 0.6) is 0 Å². The molecule has 7 nitrogen and oxygen atoms in total. The molecule has 180 valence electrons. The largest absolute Gasteiger partial charge is 0.463 e. The molecule has 0 radical (unpaired) electrons. The van der Waals surface area contributed by atoms with Crippen LogP contribution in [0.4, 0.5) is 0 Å². The fraction of sp³-hybridized carbons (Fsp3) is 0.500. The van der Waals surface area contributed by atoms with E-state index in [1.807, 2.05) is 30.3 Å². The molecule has 0 aliphatic carbocycles. The van der Waals surface area contributed by atoms with E-state index < -0.39 is 5.92 Å². The Kier molecular flexibility index (Phi) is 11.4. The maximum absolute atomic E-state index is 13.3. The number of amides is 2. The van der Waals surface area contributed by atoms with Crippen LogP contribution in [-0.4, -0.2) is 65.0 Å². The molecule has 1 aliphatic rings. The summed E-state index contributed by atoms with van der Waals surface area (Å²) in [5.74, 6) is -1.13. The molecule has 1 N–H and O–H groups in total. The van der Waals surface area contributed by atoms with E-state index in [0.29, 0.717) is 25.9 Å². The van der Waals surface area contributed by atoms with Crippen molar-refractivity contribution in [2.45, 2.75) is 51.1 Å². The zero-order valence-corrected chi connectivity index (χ0v) is 19.4. The summed E-state index contributed by atoms with van der Waals surface area (Å²) in [6, 6.07) is 9.39. The molecule has 1 aliphatic heterocycles. The quantitative estimate of drug-likeness (QED) is 0.343. The van der Waals surface area contributed by atoms with Gasteiger partial charge >= 0.3 is 5.97 Å². The number of likely N-dealkylation sites (tertiary alicyclic amines) is 1. The van der Waals surface area contributed by atoms with E-state index in [4.69, 9.17) is 4.74 Å². The van der Waals surface area contributed by atoms with Gasteiger partial charge in [-0.25, -0.2) is 0 Å². The molecule has 2 rings (SSSR count). The molecule has 1 heterocycles. The Hall–Kier alpha value is -2.93. The summed E-state index contributed by atoms with van der Waals surface area (Å²) in [6.07, 6.45) is 6.18. The number of hydrogen-bond donors (Lipinski definition) is 1. The lowest BCUT2D eigenvalue weighted by molar-refractivity contribution is -0.149. The number of ether oxygens (including phenoxy) is 1. The van der Waals surface area contributed by atoms with Crippen LogP contribution in [0, 0.1) is 5.92 Å². The number of esters is 1. The zero-order chi connectivity index (χ0) is 24.1. The van der Waals surface area contributed by atoms with Crippen molar-refractivity contribution in [2.75, 3.05) is 26.3 Å². The summed E-state index contributed by atoms with van der Waals surface area (Å²) >= 11 is 0. The molecule has 0 saturated carbocycles. The number of benzene rings is 1. The van der Waals surface area contributed by atoms with Gasteiger partial charge in [0.05, 0.1) is 18.6 Å². The number of nitrogens with zero attached hydrogens (tertiary/aromatic N) is 2. The summed E-state index contributed by atoms with van der Waals surface area (Å²) in [4.78, 5) is 41.6. The first-order valence-electron chi connectivity index (χ1n) is 11.6. The van der Waals surface area contributed by atoms with Gasteiger partial charge in [0, 0.05) is 32.5 Å². The van der Waals surface area contributed by atoms with Crippen molar-refractivity contribution in [1.29, 1.82) is 0 Å². The number of allylic oxidation sites excluding steroid dienone is 2. The topological polar surface area (TPSA) is 87.2 Å². The van der Waals surface area contributed by atoms with E-state index in [1.165, 1.54) is 0 Å². The first-order valence-corrected chi connectivity index (χ1v) is 11.6. The van der Waals surface area contributed by atoms with Crippen LogP contribution in [0.15, 0.2) is 55.6 Å². The van der Waals surface area contributed by atoms with Gasteiger partial charge in [-0.3, -0.25) is 14.4 Å². The van der Waals surface area contributed by atoms with Crippen LogP contribution >= 0.6 is 0 Å². The van der Waals surface area contributed by atoms with Crippen molar-refractivity contribution in [3.8, 4) is 0 Å². The lowest BCUT2D eigenvalue weighted by Crippen LogP contribution is -2.44. The van der Waals surface area contributed by atoms with E-state index in [0.717, 1.165) is 18.4 Å². The number of carbonyl (C=O) groups excluding carboxylic acids is 3. The van der Waals surface area contributed by atoms with Crippen LogP contribution in [-0.2, 0) is 25.7 Å². The highest BCUT2D eigenvalue weighted by Crippen LogP contribution is 2.24. The Balaban J connectivity index is 2.01. The smallest absolute Gasteiger partial charge is 0.306 e. The molecule has 1 aromatic rings. The normalized spacial score (nSPS) is 16.2. The second kappa shape index (κ2) is 14.3. The number of carbonyl (C=O) groups is 3. The van der Waals surface area contributed by atoms with Crippen LogP contribution in [0.3, 0.4) is 0 Å². The van der Waals surface area contributed by atoms with Gasteiger partial charge in [-0.15, -0.1) is 13.2 Å². The Morgan fingerprint density at radius 1 is 1.21 bits per heavy atom. The van der Waals surface area contributed by atoms with Crippen molar-refractivity contribution in [1.82, 2.24) is 9.80 Å². The maximum atomic E-state index is 13.3. The fourth-order valence-electron chi connectivity index (χ4n) is 4.04. The number of aliphatic hydroxyl groups is 1. The summed E-state index contributed by atoms with van der Waals surface area (Å²) in [5.41, 5.74) is 0.962. The minimum Gasteiger partial charge on any atom is -0.463 e. The third-order valence-electron chi connectivity index (χ3n) is 5.81. The Labute approximate surface area is 196 Å². The molecule has 2 amide bonds. The minimum absolute atomic E-state index is 0.0417. The van der Waals surface area contributed by atoms with Crippen LogP contribution in [0.25, 0.3) is 0 Å². The van der Waals surface area contributed by atoms with E-state index in [-0.39, 0.29) is 56.4 Å². The summed E-state index contributed by atoms with van der Waals surface area (Å²) < 4.78 is 5.36. The third kappa shape index (κ3) is 8.50. The van der Waals surface area contributed by atoms with Crippen molar-refractivity contribution < 1.29 is 24.2 Å². The molecule has 0 unspecified atom stereocenters. The van der Waals surface area contributed by atoms with Gasteiger partial charge in [-0.05, 0) is 31.2 Å². The first-order chi connectivity index (χ1) is 16.0. The second-order valence-corrected chi connectivity index (χ2v) is 8.29. The van der Waals surface area contributed by atoms with Gasteiger partial charge in [0.2, 0.25) is 11.8 Å². The number of rotatable bonds is 14. The molecule has 0 spiro atoms. The van der Waals surface area contributed by atoms with Gasteiger partial charge in [0.25, 0.3) is 0 Å². The maximum Gasteiger partial charge on any atom is 0.306 e. The molecule has 33 heavy (non-hydrogen) atoms. The molecule has 7 heteroatoms. The van der Waals surface area contributed by atoms with Crippen LogP contribution < -0.4 is 0 Å². The molecule has 1 saturated heterocycles. The molecular formula is C26H36N2O5. The molecule has 0 bridgehead atoms. The molecular weight excluding hydrogens is 420 g/mol. The van der Waals surface area contributed by atoms with Crippen LogP contribution in [0.2, 0.25) is 0 Å². The lowest BCUT2D eigenvalue weighted by Gasteiger charge is -2.29. The highest BCUT2D eigenvalue weighted by atomic mass is 16.5. The van der Waals surface area contributed by atoms with E-state index in [9.17, 15) is 19.5 Å². The Morgan fingerprint density at radius 2 is 1.97 bits per heavy atom. The number of hydrogen-bond acceptors (Lipinski definition) is 5. The average Bonchev–Trinajstić information content (AvgIpc) is 3.29. The fourth-order valence-corrected chi connectivity index (χ4v) is 4.04. The molecule has 1 aromatic carbocycles. The van der Waals surface area contributed by atoms with Gasteiger partial charge in [-0.1, -0.05) is 42.5 Å². The minimum atomic E-state index is -0.538. The predicted octanol–water partition coefficient (Wildman–Crippen LogP) is 3.09. The second-order valence-electron chi connectivity index (χ2n) is 8.29. The Bertz CT molecular complexity index is 795. The molecule has 0 aromatic heterocycles. The van der Waals surface area contributed by atoms with E-state index >= 15 is 0 Å². The molecule has 1 fully saturated rings. The number of aliphatic hydroxyl groups excluding tert-OH is 1. The monoisotopic (exact) mass is 456 g/mol. The summed E-state index contributed by atoms with van der Waals surface area (Å²) in [5, 5.41) is 9.44. The standard InChI is InChI=1S/C26H36N2O5/c1-3-5-14-25(31)33-20-23-13-9-15-28(23)26(32)22(10-4-2)18-24(30)27(16-17-29)19-21-11-7-6-8-12-21/h3-4,6-8,11-12,22-23,29H,1-2,5,9-10,13-20H2/t22-,23-/m0/s1. The first kappa shape index (κ1) is 26.3. The SMILES string of the molecule is C=CCCC(=O)OC[C@@H]1CCCN1C(=O)[C@@H](CC=C)CC(=O)N(CCO)Cc1ccccc1. The highest BCUT2D eigenvalue weighted by Gasteiger charge is 2.34. The van der Waals surface area contributed by atoms with Crippen molar-refractivity contribution >= 4 is 17.8 Å². The van der Waals surface area contributed by atoms with Gasteiger partial charge in [-0.2, -0.15) is 0 Å². The van der Waals surface area contributed by atoms with Gasteiger partial charge in [0.15, 0.2) is 0 Å². The molecule has 2 atom stereocenters. The van der Waals surface area contributed by atoms with Crippen molar-refractivity contribution in [3.05, 3.63) is 61.2 Å². The lowest BCUT2D eigenvalue weighted by atomic mass is 9.98. The van der Waals surface area contributed by atoms with E-state index in [1.54, 1.807) is 22.0 Å². The van der Waals surface area contributed by atoms with Crippen molar-refractivity contribution in [3.63, 3.8) is 0 Å². The van der Waals surface area contributed by atoms with Crippen molar-refractivity contribution in [2.24, 2.45) is 5.92 Å². The highest BCUT2D eigenvalue weighted by molar-refractivity contribution is 5.86. The van der Waals surface area contributed by atoms with E-state index in [2.05, 4.69) is 13.2 Å². The third-order valence-corrected chi connectivity index (χ3v) is 5.81. The predicted molar refractivity (Wildman–Crippen MR) is 127 cm³/mol. The zero-order valence-electron chi connectivity index (χ0n) is 19.4. The summed E-state index contributed by atoms with van der Waals surface area (Å²) in [7, 11) is 0. The average molecular weight is 457 g/mol. The van der Waals surface area contributed by atoms with Gasteiger partial charge in [0.1, 0.15) is 6.61 Å².